The first-order chi connectivity index (χ1) is 4.79. The van der Waals surface area contributed by atoms with Gasteiger partial charge in [0.25, 0.3) is 0 Å². The smallest absolute Gasteiger partial charge is 0.0866 e. The van der Waals surface area contributed by atoms with Gasteiger partial charge in [-0.3, -0.25) is 0 Å². The number of hydrogen-bond donors (Lipinski definition) is 0. The highest BCUT2D eigenvalue weighted by Crippen LogP contribution is 2.33. The normalized spacial score (nSPS) is 33.9. The van der Waals surface area contributed by atoms with Crippen molar-refractivity contribution < 1.29 is 4.74 Å². The first-order valence-electron chi connectivity index (χ1n) is 4.45. The van der Waals surface area contributed by atoms with Gasteiger partial charge in [0, 0.05) is 0 Å². The van der Waals surface area contributed by atoms with Crippen LogP contribution in [0.3, 0.4) is 0 Å². The summed E-state index contributed by atoms with van der Waals surface area (Å²) in [4.78, 5) is 0. The molecule has 0 aromatic carbocycles. The molecular weight excluding hydrogens is 124 g/mol. The van der Waals surface area contributed by atoms with Crippen molar-refractivity contribution in [3.63, 3.8) is 0 Å². The minimum absolute atomic E-state index is 0.552. The largest absolute Gasteiger partial charge is 0.370 e. The fourth-order valence-electron chi connectivity index (χ4n) is 1.67. The van der Waals surface area contributed by atoms with Crippen LogP contribution in [0.2, 0.25) is 0 Å². The molecule has 0 bridgehead atoms. The molecule has 3 unspecified atom stereocenters. The van der Waals surface area contributed by atoms with E-state index in [2.05, 4.69) is 20.8 Å². The highest BCUT2D eigenvalue weighted by Gasteiger charge is 2.39. The lowest BCUT2D eigenvalue weighted by Gasteiger charge is -2.08. The van der Waals surface area contributed by atoms with Crippen LogP contribution in [0.1, 0.15) is 40.0 Å². The average Bonchev–Trinajstić information content (AvgIpc) is 2.62. The Kier molecular flexibility index (Phi) is 2.72. The van der Waals surface area contributed by atoms with Gasteiger partial charge >= 0.3 is 0 Å². The molecule has 1 aliphatic rings. The Morgan fingerprint density at radius 2 is 2.00 bits per heavy atom. The lowest BCUT2D eigenvalue weighted by Crippen LogP contribution is -2.08. The molecule has 0 saturated carbocycles. The maximum Gasteiger partial charge on any atom is 0.0866 e. The standard InChI is InChI=1S/C9H18O/c1-4-6-8(5-2)9-7(3)10-9/h7-9H,4-6H2,1-3H3. The van der Waals surface area contributed by atoms with Crippen LogP contribution in [-0.2, 0) is 4.74 Å². The molecule has 0 radical (unpaired) electrons. The molecule has 3 atom stereocenters. The number of rotatable bonds is 4. The van der Waals surface area contributed by atoms with E-state index in [1.807, 2.05) is 0 Å². The zero-order chi connectivity index (χ0) is 7.56. The molecule has 10 heavy (non-hydrogen) atoms. The second-order valence-corrected chi connectivity index (χ2v) is 3.26. The third-order valence-electron chi connectivity index (χ3n) is 2.41. The first-order valence-corrected chi connectivity index (χ1v) is 4.45. The molecule has 0 amide bonds. The van der Waals surface area contributed by atoms with Crippen molar-refractivity contribution in [1.29, 1.82) is 0 Å². The van der Waals surface area contributed by atoms with Crippen LogP contribution in [0.25, 0.3) is 0 Å². The summed E-state index contributed by atoms with van der Waals surface area (Å²) >= 11 is 0. The van der Waals surface area contributed by atoms with Gasteiger partial charge in [-0.2, -0.15) is 0 Å². The summed E-state index contributed by atoms with van der Waals surface area (Å²) < 4.78 is 5.42. The molecule has 0 N–H and O–H groups in total. The number of hydrogen-bond acceptors (Lipinski definition) is 1. The summed E-state index contributed by atoms with van der Waals surface area (Å²) in [5, 5.41) is 0. The number of ether oxygens (including phenoxy) is 1. The van der Waals surface area contributed by atoms with Gasteiger partial charge in [0.2, 0.25) is 0 Å². The highest BCUT2D eigenvalue weighted by molar-refractivity contribution is 4.86. The van der Waals surface area contributed by atoms with Crippen LogP contribution >= 0.6 is 0 Å². The minimum Gasteiger partial charge on any atom is -0.370 e. The van der Waals surface area contributed by atoms with Crippen molar-refractivity contribution in [2.24, 2.45) is 5.92 Å². The molecule has 0 spiro atoms. The van der Waals surface area contributed by atoms with E-state index < -0.39 is 0 Å². The van der Waals surface area contributed by atoms with Gasteiger partial charge in [-0.15, -0.1) is 0 Å². The van der Waals surface area contributed by atoms with Crippen LogP contribution in [0.15, 0.2) is 0 Å². The fraction of sp³-hybridized carbons (Fsp3) is 1.00. The molecule has 0 aromatic rings. The van der Waals surface area contributed by atoms with Gasteiger partial charge in [0.1, 0.15) is 0 Å². The van der Waals surface area contributed by atoms with Crippen LogP contribution in [0.5, 0.6) is 0 Å². The van der Waals surface area contributed by atoms with Crippen LogP contribution in [0, 0.1) is 5.92 Å². The summed E-state index contributed by atoms with van der Waals surface area (Å²) in [5.41, 5.74) is 0. The Morgan fingerprint density at radius 1 is 1.40 bits per heavy atom. The Morgan fingerprint density at radius 3 is 2.30 bits per heavy atom. The lowest BCUT2D eigenvalue weighted by molar-refractivity contribution is 0.300. The zero-order valence-electron chi connectivity index (χ0n) is 7.26. The summed E-state index contributed by atoms with van der Waals surface area (Å²) in [7, 11) is 0. The molecule has 1 fully saturated rings. The molecule has 0 aromatic heterocycles. The summed E-state index contributed by atoms with van der Waals surface area (Å²) in [6.07, 6.45) is 5.07. The van der Waals surface area contributed by atoms with Crippen molar-refractivity contribution in [3.05, 3.63) is 0 Å². The second-order valence-electron chi connectivity index (χ2n) is 3.26. The topological polar surface area (TPSA) is 12.5 Å². The van der Waals surface area contributed by atoms with Crippen LogP contribution in [0.4, 0.5) is 0 Å². The predicted molar refractivity (Wildman–Crippen MR) is 43.0 cm³/mol. The molecule has 1 saturated heterocycles. The summed E-state index contributed by atoms with van der Waals surface area (Å²) in [6.45, 7) is 6.67. The first kappa shape index (κ1) is 8.06. The Hall–Kier alpha value is -0.0400. The fourth-order valence-corrected chi connectivity index (χ4v) is 1.67. The van der Waals surface area contributed by atoms with E-state index in [4.69, 9.17) is 4.74 Å². The maximum absolute atomic E-state index is 5.42. The predicted octanol–water partition coefficient (Wildman–Crippen LogP) is 2.60. The monoisotopic (exact) mass is 142 g/mol. The van der Waals surface area contributed by atoms with E-state index in [0.717, 1.165) is 5.92 Å². The Labute approximate surface area is 63.8 Å². The quantitative estimate of drug-likeness (QED) is 0.550. The van der Waals surface area contributed by atoms with E-state index >= 15 is 0 Å². The van der Waals surface area contributed by atoms with Gasteiger partial charge in [0.05, 0.1) is 12.2 Å². The molecule has 60 valence electrons. The highest BCUT2D eigenvalue weighted by atomic mass is 16.6. The molecule has 1 nitrogen and oxygen atoms in total. The van der Waals surface area contributed by atoms with Gasteiger partial charge < -0.3 is 4.74 Å². The van der Waals surface area contributed by atoms with Gasteiger partial charge in [-0.1, -0.05) is 26.7 Å². The van der Waals surface area contributed by atoms with Crippen molar-refractivity contribution >= 4 is 0 Å². The molecule has 1 heterocycles. The Bertz CT molecular complexity index is 101. The lowest BCUT2D eigenvalue weighted by atomic mass is 9.96. The van der Waals surface area contributed by atoms with Crippen molar-refractivity contribution in [1.82, 2.24) is 0 Å². The Balaban J connectivity index is 2.20. The molecule has 1 rings (SSSR count). The van der Waals surface area contributed by atoms with Gasteiger partial charge in [-0.05, 0) is 19.3 Å². The van der Waals surface area contributed by atoms with E-state index in [1.165, 1.54) is 19.3 Å². The summed E-state index contributed by atoms with van der Waals surface area (Å²) in [6, 6.07) is 0. The van der Waals surface area contributed by atoms with E-state index in [-0.39, 0.29) is 0 Å². The van der Waals surface area contributed by atoms with Crippen LogP contribution < -0.4 is 0 Å². The summed E-state index contributed by atoms with van der Waals surface area (Å²) in [5.74, 6) is 0.833. The van der Waals surface area contributed by atoms with Crippen molar-refractivity contribution in [2.45, 2.75) is 52.2 Å². The van der Waals surface area contributed by atoms with E-state index in [1.54, 1.807) is 0 Å². The minimum atomic E-state index is 0.552. The van der Waals surface area contributed by atoms with E-state index in [0.29, 0.717) is 12.2 Å². The molecule has 1 aliphatic heterocycles. The van der Waals surface area contributed by atoms with Crippen molar-refractivity contribution in [3.8, 4) is 0 Å². The molecular formula is C9H18O. The third-order valence-corrected chi connectivity index (χ3v) is 2.41. The van der Waals surface area contributed by atoms with Crippen LogP contribution in [-0.4, -0.2) is 12.2 Å². The molecule has 0 aliphatic carbocycles. The SMILES string of the molecule is CCCC(CC)C1OC1C. The van der Waals surface area contributed by atoms with Crippen molar-refractivity contribution in [2.75, 3.05) is 0 Å². The molecule has 1 heteroatoms. The zero-order valence-corrected chi connectivity index (χ0v) is 7.26. The van der Waals surface area contributed by atoms with E-state index in [9.17, 15) is 0 Å². The second kappa shape index (κ2) is 3.38. The maximum atomic E-state index is 5.42. The van der Waals surface area contributed by atoms with Gasteiger partial charge in [-0.25, -0.2) is 0 Å². The van der Waals surface area contributed by atoms with Gasteiger partial charge in [0.15, 0.2) is 0 Å². The average molecular weight is 142 g/mol. The third kappa shape index (κ3) is 1.72. The number of epoxide rings is 1.